The lowest BCUT2D eigenvalue weighted by atomic mass is 10.3. The van der Waals surface area contributed by atoms with Gasteiger partial charge in [0.15, 0.2) is 5.82 Å². The van der Waals surface area contributed by atoms with Crippen molar-refractivity contribution in [3.63, 3.8) is 0 Å². The molecule has 6 heteroatoms. The van der Waals surface area contributed by atoms with Gasteiger partial charge in [-0.25, -0.2) is 19.9 Å². The van der Waals surface area contributed by atoms with Crippen molar-refractivity contribution in [2.24, 2.45) is 0 Å². The predicted molar refractivity (Wildman–Crippen MR) is 68.4 cm³/mol. The Morgan fingerprint density at radius 3 is 2.94 bits per heavy atom. The van der Waals surface area contributed by atoms with E-state index in [1.54, 1.807) is 19.4 Å². The van der Waals surface area contributed by atoms with Crippen molar-refractivity contribution < 1.29 is 4.74 Å². The highest BCUT2D eigenvalue weighted by Gasteiger charge is 2.05. The Bertz CT molecular complexity index is 517. The summed E-state index contributed by atoms with van der Waals surface area (Å²) in [6, 6.07) is 3.54. The molecule has 0 atom stereocenters. The highest BCUT2D eigenvalue weighted by atomic mass is 16.5. The lowest BCUT2D eigenvalue weighted by Crippen LogP contribution is -2.03. The second kappa shape index (κ2) is 5.90. The maximum Gasteiger partial charge on any atom is 0.216 e. The Labute approximate surface area is 105 Å². The molecule has 0 aliphatic rings. The Kier molecular flexibility index (Phi) is 4.01. The minimum absolute atomic E-state index is 0.496. The first-order valence-corrected chi connectivity index (χ1v) is 5.77. The van der Waals surface area contributed by atoms with Crippen LogP contribution in [0.1, 0.15) is 13.3 Å². The van der Waals surface area contributed by atoms with Gasteiger partial charge in [0.1, 0.15) is 17.8 Å². The van der Waals surface area contributed by atoms with Crippen LogP contribution in [-0.2, 0) is 0 Å². The maximum atomic E-state index is 5.05. The molecule has 2 rings (SSSR count). The van der Waals surface area contributed by atoms with Crippen LogP contribution < -0.4 is 10.1 Å². The first-order valence-electron chi connectivity index (χ1n) is 5.77. The van der Waals surface area contributed by atoms with Gasteiger partial charge in [-0.15, -0.1) is 0 Å². The minimum Gasteiger partial charge on any atom is -0.481 e. The lowest BCUT2D eigenvalue weighted by Gasteiger charge is -2.05. The standard InChI is InChI=1S/C12H15N5O/c1-3-5-13-10-4-6-14-12(17-10)9-7-11(18-2)16-8-15-9/h4,6-8H,3,5H2,1-2H3,(H,13,14,17). The van der Waals surface area contributed by atoms with Crippen LogP contribution in [0.5, 0.6) is 5.88 Å². The molecule has 0 saturated carbocycles. The molecule has 94 valence electrons. The van der Waals surface area contributed by atoms with E-state index in [0.29, 0.717) is 17.4 Å². The van der Waals surface area contributed by atoms with E-state index >= 15 is 0 Å². The number of hydrogen-bond donors (Lipinski definition) is 1. The summed E-state index contributed by atoms with van der Waals surface area (Å²) >= 11 is 0. The lowest BCUT2D eigenvalue weighted by molar-refractivity contribution is 0.397. The fourth-order valence-corrected chi connectivity index (χ4v) is 1.41. The number of nitrogens with one attached hydrogen (secondary N) is 1. The summed E-state index contributed by atoms with van der Waals surface area (Å²) in [5, 5.41) is 3.21. The van der Waals surface area contributed by atoms with E-state index in [0.717, 1.165) is 18.8 Å². The molecule has 0 radical (unpaired) electrons. The van der Waals surface area contributed by atoms with Crippen molar-refractivity contribution in [3.8, 4) is 17.4 Å². The van der Waals surface area contributed by atoms with Crippen LogP contribution in [0.15, 0.2) is 24.7 Å². The maximum absolute atomic E-state index is 5.05. The van der Waals surface area contributed by atoms with Crippen LogP contribution >= 0.6 is 0 Å². The van der Waals surface area contributed by atoms with Crippen molar-refractivity contribution in [2.45, 2.75) is 13.3 Å². The van der Waals surface area contributed by atoms with Crippen LogP contribution in [0.25, 0.3) is 11.5 Å². The first-order chi connectivity index (χ1) is 8.83. The Morgan fingerprint density at radius 1 is 1.28 bits per heavy atom. The third-order valence-corrected chi connectivity index (χ3v) is 2.29. The quantitative estimate of drug-likeness (QED) is 0.865. The van der Waals surface area contributed by atoms with Crippen LogP contribution in [0.4, 0.5) is 5.82 Å². The molecule has 0 unspecified atom stereocenters. The molecule has 0 bridgehead atoms. The summed E-state index contributed by atoms with van der Waals surface area (Å²) < 4.78 is 5.05. The normalized spacial score (nSPS) is 10.1. The number of methoxy groups -OCH3 is 1. The third kappa shape index (κ3) is 2.91. The average molecular weight is 245 g/mol. The van der Waals surface area contributed by atoms with Crippen molar-refractivity contribution in [3.05, 3.63) is 24.7 Å². The van der Waals surface area contributed by atoms with Gasteiger partial charge in [-0.2, -0.15) is 0 Å². The van der Waals surface area contributed by atoms with Crippen molar-refractivity contribution in [1.82, 2.24) is 19.9 Å². The Morgan fingerprint density at radius 2 is 2.17 bits per heavy atom. The van der Waals surface area contributed by atoms with Crippen LogP contribution in [0, 0.1) is 0 Å². The Hall–Kier alpha value is -2.24. The molecule has 0 aliphatic carbocycles. The SMILES string of the molecule is CCCNc1ccnc(-c2cc(OC)ncn2)n1. The third-order valence-electron chi connectivity index (χ3n) is 2.29. The number of aromatic nitrogens is 4. The van der Waals surface area contributed by atoms with E-state index in [9.17, 15) is 0 Å². The summed E-state index contributed by atoms with van der Waals surface area (Å²) in [5.74, 6) is 1.84. The molecule has 2 aromatic rings. The predicted octanol–water partition coefficient (Wildman–Crippen LogP) is 1.76. The summed E-state index contributed by atoms with van der Waals surface area (Å²) in [5.41, 5.74) is 0.641. The molecule has 0 saturated heterocycles. The van der Waals surface area contributed by atoms with Crippen LogP contribution in [0.2, 0.25) is 0 Å². The van der Waals surface area contributed by atoms with E-state index in [1.165, 1.54) is 6.33 Å². The fraction of sp³-hybridized carbons (Fsp3) is 0.333. The molecular formula is C12H15N5O. The zero-order chi connectivity index (χ0) is 12.8. The van der Waals surface area contributed by atoms with Crippen molar-refractivity contribution >= 4 is 5.82 Å². The summed E-state index contributed by atoms with van der Waals surface area (Å²) in [4.78, 5) is 16.7. The van der Waals surface area contributed by atoms with Gasteiger partial charge in [-0.1, -0.05) is 6.92 Å². The van der Waals surface area contributed by atoms with Gasteiger partial charge in [0.25, 0.3) is 0 Å². The van der Waals surface area contributed by atoms with Gasteiger partial charge in [-0.3, -0.25) is 0 Å². The summed E-state index contributed by atoms with van der Waals surface area (Å²) in [6.07, 6.45) is 4.18. The van der Waals surface area contributed by atoms with Gasteiger partial charge in [0.2, 0.25) is 5.88 Å². The summed E-state index contributed by atoms with van der Waals surface area (Å²) in [6.45, 7) is 2.98. The smallest absolute Gasteiger partial charge is 0.216 e. The highest BCUT2D eigenvalue weighted by Crippen LogP contribution is 2.16. The number of ether oxygens (including phenoxy) is 1. The van der Waals surface area contributed by atoms with E-state index in [-0.39, 0.29) is 0 Å². The largest absolute Gasteiger partial charge is 0.481 e. The summed E-state index contributed by atoms with van der Waals surface area (Å²) in [7, 11) is 1.56. The molecule has 0 fully saturated rings. The fourth-order valence-electron chi connectivity index (χ4n) is 1.41. The van der Waals surface area contributed by atoms with Crippen LogP contribution in [-0.4, -0.2) is 33.6 Å². The number of nitrogens with zero attached hydrogens (tertiary/aromatic N) is 4. The van der Waals surface area contributed by atoms with Gasteiger partial charge in [-0.05, 0) is 12.5 Å². The van der Waals surface area contributed by atoms with Gasteiger partial charge >= 0.3 is 0 Å². The van der Waals surface area contributed by atoms with Crippen molar-refractivity contribution in [2.75, 3.05) is 19.0 Å². The average Bonchev–Trinajstić information content (AvgIpc) is 2.45. The monoisotopic (exact) mass is 245 g/mol. The number of rotatable bonds is 5. The van der Waals surface area contributed by atoms with E-state index < -0.39 is 0 Å². The van der Waals surface area contributed by atoms with E-state index in [1.807, 2.05) is 6.07 Å². The van der Waals surface area contributed by atoms with Gasteiger partial charge in [0, 0.05) is 18.8 Å². The molecule has 1 N–H and O–H groups in total. The zero-order valence-corrected chi connectivity index (χ0v) is 10.4. The van der Waals surface area contributed by atoms with Gasteiger partial charge < -0.3 is 10.1 Å². The number of hydrogen-bond acceptors (Lipinski definition) is 6. The van der Waals surface area contributed by atoms with E-state index in [2.05, 4.69) is 32.2 Å². The molecular weight excluding hydrogens is 230 g/mol. The molecule has 0 aromatic carbocycles. The molecule has 6 nitrogen and oxygen atoms in total. The molecule has 0 spiro atoms. The second-order valence-electron chi connectivity index (χ2n) is 3.64. The minimum atomic E-state index is 0.496. The van der Waals surface area contributed by atoms with Crippen molar-refractivity contribution in [1.29, 1.82) is 0 Å². The van der Waals surface area contributed by atoms with E-state index in [4.69, 9.17) is 4.74 Å². The second-order valence-corrected chi connectivity index (χ2v) is 3.64. The molecule has 0 aliphatic heterocycles. The Balaban J connectivity index is 2.26. The van der Waals surface area contributed by atoms with Gasteiger partial charge in [0.05, 0.1) is 7.11 Å². The number of anilines is 1. The zero-order valence-electron chi connectivity index (χ0n) is 10.4. The highest BCUT2D eigenvalue weighted by molar-refractivity contribution is 5.52. The molecule has 0 amide bonds. The molecule has 2 heterocycles. The first kappa shape index (κ1) is 12.2. The molecule has 18 heavy (non-hydrogen) atoms. The topological polar surface area (TPSA) is 72.8 Å². The van der Waals surface area contributed by atoms with Crippen LogP contribution in [0.3, 0.4) is 0 Å². The molecule has 2 aromatic heterocycles.